The molecule has 0 aliphatic heterocycles. The molecule has 5 nitrogen and oxygen atoms in total. The molecule has 2 rings (SSSR count). The average Bonchev–Trinajstić information content (AvgIpc) is 2.61. The zero-order chi connectivity index (χ0) is 18.4. The van der Waals surface area contributed by atoms with E-state index in [0.29, 0.717) is 5.75 Å². The Labute approximate surface area is 149 Å². The minimum atomic E-state index is -0.952. The van der Waals surface area contributed by atoms with Crippen molar-refractivity contribution in [3.05, 3.63) is 64.4 Å². The van der Waals surface area contributed by atoms with Gasteiger partial charge in [-0.3, -0.25) is 4.79 Å². The van der Waals surface area contributed by atoms with Gasteiger partial charge in [-0.2, -0.15) is 0 Å². The molecule has 0 aliphatic rings. The van der Waals surface area contributed by atoms with Crippen molar-refractivity contribution in [1.29, 1.82) is 0 Å². The molecule has 0 unspecified atom stereocenters. The normalized spacial score (nSPS) is 11.5. The largest absolute Gasteiger partial charge is 0.497 e. The fourth-order valence-electron chi connectivity index (χ4n) is 2.12. The summed E-state index contributed by atoms with van der Waals surface area (Å²) in [6.45, 7) is 1.27. The van der Waals surface area contributed by atoms with Gasteiger partial charge in [-0.1, -0.05) is 23.7 Å². The van der Waals surface area contributed by atoms with E-state index < -0.39 is 24.3 Å². The Morgan fingerprint density at radius 3 is 2.52 bits per heavy atom. The molecule has 7 heteroatoms. The van der Waals surface area contributed by atoms with Gasteiger partial charge >= 0.3 is 5.97 Å². The van der Waals surface area contributed by atoms with Gasteiger partial charge in [0.2, 0.25) is 0 Å². The number of hydrogen-bond acceptors (Lipinski definition) is 4. The van der Waals surface area contributed by atoms with Crippen LogP contribution in [0.4, 0.5) is 4.39 Å². The summed E-state index contributed by atoms with van der Waals surface area (Å²) in [5, 5.41) is 2.89. The van der Waals surface area contributed by atoms with E-state index in [9.17, 15) is 14.0 Å². The maximum atomic E-state index is 13.6. The lowest BCUT2D eigenvalue weighted by Gasteiger charge is -2.15. The molecule has 132 valence electrons. The molecule has 0 bridgehead atoms. The summed E-state index contributed by atoms with van der Waals surface area (Å²) in [7, 11) is 1.57. The van der Waals surface area contributed by atoms with Gasteiger partial charge in [0.1, 0.15) is 11.6 Å². The van der Waals surface area contributed by atoms with Crippen LogP contribution in [-0.4, -0.2) is 25.6 Å². The third-order valence-electron chi connectivity index (χ3n) is 3.48. The first kappa shape index (κ1) is 18.7. The van der Waals surface area contributed by atoms with E-state index in [4.69, 9.17) is 21.1 Å². The minimum absolute atomic E-state index is 0.200. The van der Waals surface area contributed by atoms with Crippen LogP contribution in [0.1, 0.15) is 28.9 Å². The molecule has 1 atom stereocenters. The van der Waals surface area contributed by atoms with Gasteiger partial charge in [0, 0.05) is 5.02 Å². The number of methoxy groups -OCH3 is 1. The number of rotatable bonds is 6. The quantitative estimate of drug-likeness (QED) is 0.795. The van der Waals surface area contributed by atoms with E-state index >= 15 is 0 Å². The number of carbonyl (C=O) groups is 2. The third kappa shape index (κ3) is 5.19. The summed E-state index contributed by atoms with van der Waals surface area (Å²) < 4.78 is 23.5. The van der Waals surface area contributed by atoms with E-state index in [1.54, 1.807) is 26.2 Å². The molecule has 25 heavy (non-hydrogen) atoms. The predicted octanol–water partition coefficient (Wildman–Crippen LogP) is 3.52. The summed E-state index contributed by atoms with van der Waals surface area (Å²) in [6.07, 6.45) is 0. The first-order chi connectivity index (χ1) is 11.9. The number of ether oxygens (including phenoxy) is 2. The molecule has 1 amide bonds. The number of nitrogens with one attached hydrogen (secondary N) is 1. The highest BCUT2D eigenvalue weighted by molar-refractivity contribution is 6.30. The maximum absolute atomic E-state index is 13.6. The van der Waals surface area contributed by atoms with Crippen molar-refractivity contribution in [3.63, 3.8) is 0 Å². The Kier molecular flexibility index (Phi) is 6.36. The van der Waals surface area contributed by atoms with Gasteiger partial charge in [-0.05, 0) is 42.8 Å². The van der Waals surface area contributed by atoms with Crippen molar-refractivity contribution < 1.29 is 23.5 Å². The van der Waals surface area contributed by atoms with Crippen LogP contribution >= 0.6 is 11.6 Å². The van der Waals surface area contributed by atoms with Gasteiger partial charge in [-0.25, -0.2) is 9.18 Å². The topological polar surface area (TPSA) is 64.6 Å². The lowest BCUT2D eigenvalue weighted by atomic mass is 10.1. The minimum Gasteiger partial charge on any atom is -0.497 e. The first-order valence-corrected chi connectivity index (χ1v) is 7.84. The molecule has 0 spiro atoms. The van der Waals surface area contributed by atoms with E-state index in [1.807, 2.05) is 12.1 Å². The Bertz CT molecular complexity index is 764. The van der Waals surface area contributed by atoms with Crippen LogP contribution in [-0.2, 0) is 9.53 Å². The zero-order valence-corrected chi connectivity index (χ0v) is 14.5. The standard InChI is InChI=1S/C18H17ClFNO4/c1-11(12-3-6-14(24-2)7-4-12)21-17(22)10-25-18(23)15-9-13(19)5-8-16(15)20/h3-9,11H,10H2,1-2H3,(H,21,22)/t11-/m1/s1. The van der Waals surface area contributed by atoms with Crippen LogP contribution in [0.25, 0.3) is 0 Å². The molecule has 0 aromatic heterocycles. The molecule has 0 fully saturated rings. The van der Waals surface area contributed by atoms with Gasteiger partial charge < -0.3 is 14.8 Å². The summed E-state index contributed by atoms with van der Waals surface area (Å²) >= 11 is 5.72. The predicted molar refractivity (Wildman–Crippen MR) is 91.2 cm³/mol. The fraction of sp³-hybridized carbons (Fsp3) is 0.222. The number of amides is 1. The number of halogens is 2. The van der Waals surface area contributed by atoms with Crippen LogP contribution in [0, 0.1) is 5.82 Å². The van der Waals surface area contributed by atoms with Crippen LogP contribution in [0.5, 0.6) is 5.75 Å². The molecule has 0 saturated carbocycles. The highest BCUT2D eigenvalue weighted by atomic mass is 35.5. The van der Waals surface area contributed by atoms with Crippen LogP contribution in [0.15, 0.2) is 42.5 Å². The SMILES string of the molecule is COc1ccc([C@@H](C)NC(=O)COC(=O)c2cc(Cl)ccc2F)cc1. The van der Waals surface area contributed by atoms with E-state index in [2.05, 4.69) is 5.32 Å². The molecule has 2 aromatic rings. The Morgan fingerprint density at radius 1 is 1.20 bits per heavy atom. The van der Waals surface area contributed by atoms with Crippen molar-refractivity contribution in [1.82, 2.24) is 5.32 Å². The van der Waals surface area contributed by atoms with E-state index in [-0.39, 0.29) is 16.6 Å². The lowest BCUT2D eigenvalue weighted by Crippen LogP contribution is -2.31. The number of hydrogen-bond donors (Lipinski definition) is 1. The first-order valence-electron chi connectivity index (χ1n) is 7.46. The molecular weight excluding hydrogens is 349 g/mol. The Hall–Kier alpha value is -2.60. The van der Waals surface area contributed by atoms with E-state index in [0.717, 1.165) is 17.7 Å². The Balaban J connectivity index is 1.89. The van der Waals surface area contributed by atoms with Gasteiger partial charge in [0.25, 0.3) is 5.91 Å². The Morgan fingerprint density at radius 2 is 1.88 bits per heavy atom. The molecule has 0 aliphatic carbocycles. The molecule has 2 aromatic carbocycles. The second-order valence-corrected chi connectivity index (χ2v) is 5.70. The van der Waals surface area contributed by atoms with Gasteiger partial charge in [-0.15, -0.1) is 0 Å². The maximum Gasteiger partial charge on any atom is 0.341 e. The van der Waals surface area contributed by atoms with Crippen molar-refractivity contribution in [3.8, 4) is 5.75 Å². The van der Waals surface area contributed by atoms with E-state index in [1.165, 1.54) is 6.07 Å². The molecule has 0 radical (unpaired) electrons. The van der Waals surface area contributed by atoms with Crippen molar-refractivity contribution in [2.45, 2.75) is 13.0 Å². The molecule has 1 N–H and O–H groups in total. The summed E-state index contributed by atoms with van der Waals surface area (Å²) in [5.74, 6) is -1.51. The zero-order valence-electron chi connectivity index (χ0n) is 13.7. The summed E-state index contributed by atoms with van der Waals surface area (Å²) in [4.78, 5) is 23.7. The fourth-order valence-corrected chi connectivity index (χ4v) is 2.29. The smallest absolute Gasteiger partial charge is 0.341 e. The highest BCUT2D eigenvalue weighted by Gasteiger charge is 2.16. The summed E-state index contributed by atoms with van der Waals surface area (Å²) in [6, 6.07) is 10.4. The number of carbonyl (C=O) groups excluding carboxylic acids is 2. The molecule has 0 heterocycles. The lowest BCUT2D eigenvalue weighted by molar-refractivity contribution is -0.124. The monoisotopic (exact) mass is 365 g/mol. The molecular formula is C18H17ClFNO4. The second-order valence-electron chi connectivity index (χ2n) is 5.26. The second kappa shape index (κ2) is 8.48. The van der Waals surface area contributed by atoms with Crippen LogP contribution < -0.4 is 10.1 Å². The third-order valence-corrected chi connectivity index (χ3v) is 3.71. The van der Waals surface area contributed by atoms with Crippen molar-refractivity contribution in [2.24, 2.45) is 0 Å². The summed E-state index contributed by atoms with van der Waals surface area (Å²) in [5.41, 5.74) is 0.546. The van der Waals surface area contributed by atoms with Crippen molar-refractivity contribution >= 4 is 23.5 Å². The number of benzene rings is 2. The van der Waals surface area contributed by atoms with Crippen molar-refractivity contribution in [2.75, 3.05) is 13.7 Å². The van der Waals surface area contributed by atoms with Gasteiger partial charge in [0.05, 0.1) is 18.7 Å². The van der Waals surface area contributed by atoms with Crippen LogP contribution in [0.2, 0.25) is 5.02 Å². The number of esters is 1. The van der Waals surface area contributed by atoms with Gasteiger partial charge in [0.15, 0.2) is 6.61 Å². The highest BCUT2D eigenvalue weighted by Crippen LogP contribution is 2.18. The molecule has 0 saturated heterocycles. The average molecular weight is 366 g/mol. The van der Waals surface area contributed by atoms with Crippen LogP contribution in [0.3, 0.4) is 0 Å².